The molecule has 0 aliphatic carbocycles. The summed E-state index contributed by atoms with van der Waals surface area (Å²) in [7, 11) is -4.60. The van der Waals surface area contributed by atoms with Gasteiger partial charge in [0, 0.05) is 18.3 Å². The summed E-state index contributed by atoms with van der Waals surface area (Å²) in [6.45, 7) is 22.1. The highest BCUT2D eigenvalue weighted by molar-refractivity contribution is 6.99. The van der Waals surface area contributed by atoms with Crippen molar-refractivity contribution in [1.29, 1.82) is 0 Å². The summed E-state index contributed by atoms with van der Waals surface area (Å²) in [5, 5.41) is 0. The molecule has 0 aromatic heterocycles. The normalized spacial score (nSPS) is 15.7. The second-order valence-corrected chi connectivity index (χ2v) is 22.9. The van der Waals surface area contributed by atoms with Gasteiger partial charge in [-0.3, -0.25) is 9.09 Å². The third kappa shape index (κ3) is 5.94. The smallest absolute Gasteiger partial charge is 0.423 e. The lowest BCUT2D eigenvalue weighted by Crippen LogP contribution is -2.64. The van der Waals surface area contributed by atoms with E-state index >= 15 is 4.11 Å². The van der Waals surface area contributed by atoms with Crippen LogP contribution in [0.25, 0.3) is 0 Å². The molecule has 0 heterocycles. The molecule has 3 nitrogen and oxygen atoms in total. The van der Waals surface area contributed by atoms with Crippen LogP contribution in [0.1, 0.15) is 20.8 Å². The Balaban J connectivity index is 3.45. The fraction of sp³-hybridized carbons (Fsp3) is 0.667. The summed E-state index contributed by atoms with van der Waals surface area (Å²) < 4.78 is 20.2. The topological polar surface area (TPSA) is 18.5 Å². The van der Waals surface area contributed by atoms with Gasteiger partial charge in [-0.05, 0) is 39.5 Å². The Bertz CT molecular complexity index is 572. The van der Waals surface area contributed by atoms with Gasteiger partial charge in [-0.15, -0.1) is 0 Å². The number of benzene rings is 1. The summed E-state index contributed by atoms with van der Waals surface area (Å²) in [4.78, 5) is 3.24. The van der Waals surface area contributed by atoms with E-state index in [4.69, 9.17) is 0 Å². The van der Waals surface area contributed by atoms with Crippen LogP contribution in [0.2, 0.25) is 45.8 Å². The molecule has 1 atom stereocenters. The van der Waals surface area contributed by atoms with E-state index in [2.05, 4.69) is 66.7 Å². The highest BCUT2D eigenvalue weighted by Gasteiger charge is 2.41. The lowest BCUT2D eigenvalue weighted by Gasteiger charge is -2.48. The first kappa shape index (κ1) is 22.4. The quantitative estimate of drug-likeness (QED) is 0.501. The average Bonchev–Trinajstić information content (AvgIpc) is 2.32. The molecule has 1 rings (SSSR count). The Morgan fingerprint density at radius 1 is 0.840 bits per heavy atom. The summed E-state index contributed by atoms with van der Waals surface area (Å²) in [5.74, 6) is 0. The van der Waals surface area contributed by atoms with Gasteiger partial charge in [0.15, 0.2) is 0 Å². The van der Waals surface area contributed by atoms with Crippen molar-refractivity contribution >= 4 is 36.6 Å². The van der Waals surface area contributed by atoms with Gasteiger partial charge in [0.1, 0.15) is 16.5 Å². The highest BCUT2D eigenvalue weighted by Crippen LogP contribution is 2.37. The molecule has 25 heavy (non-hydrogen) atoms. The zero-order valence-corrected chi connectivity index (χ0v) is 21.1. The molecule has 0 aliphatic heterocycles. The number of rotatable bonds is 6. The number of para-hydroxylation sites is 2. The second-order valence-electron chi connectivity index (χ2n) is 10.1. The Morgan fingerprint density at radius 2 is 1.24 bits per heavy atom. The van der Waals surface area contributed by atoms with Crippen LogP contribution in [-0.4, -0.2) is 37.8 Å². The van der Waals surface area contributed by atoms with E-state index in [0.29, 0.717) is 0 Å². The minimum atomic E-state index is -3.29. The first-order valence-electron chi connectivity index (χ1n) is 9.08. The van der Waals surface area contributed by atoms with Crippen LogP contribution in [0.5, 0.6) is 0 Å². The minimum absolute atomic E-state index is 0.254. The van der Waals surface area contributed by atoms with Gasteiger partial charge >= 0.3 is 8.73 Å². The van der Waals surface area contributed by atoms with Crippen LogP contribution >= 0.6 is 0 Å². The second kappa shape index (κ2) is 7.17. The lowest BCUT2D eigenvalue weighted by molar-refractivity contribution is 0.483. The van der Waals surface area contributed by atoms with Crippen LogP contribution in [0, 0.1) is 0 Å². The number of nitrogens with one attached hydrogen (secondary N) is 1. The van der Waals surface area contributed by atoms with Crippen LogP contribution in [0.3, 0.4) is 0 Å². The van der Waals surface area contributed by atoms with Gasteiger partial charge in [-0.1, -0.05) is 51.4 Å². The SMILES string of the molecule is CN(c1ccccc1N([Si](C)(C)C)[Si](C)(C)C)[Si](C)(F)NC(C)(C)C. The largest absolute Gasteiger partial charge is 0.425 e. The molecule has 0 saturated heterocycles. The molecule has 0 aliphatic rings. The molecule has 0 radical (unpaired) electrons. The number of hydrogen-bond acceptors (Lipinski definition) is 3. The van der Waals surface area contributed by atoms with Gasteiger partial charge in [-0.25, -0.2) is 0 Å². The van der Waals surface area contributed by atoms with Crippen LogP contribution in [-0.2, 0) is 0 Å². The highest BCUT2D eigenvalue weighted by atomic mass is 28.4. The van der Waals surface area contributed by atoms with Crippen molar-refractivity contribution in [3.05, 3.63) is 24.3 Å². The molecule has 0 saturated carbocycles. The summed E-state index contributed by atoms with van der Waals surface area (Å²) >= 11 is 0. The molecule has 0 fully saturated rings. The van der Waals surface area contributed by atoms with Crippen molar-refractivity contribution in [2.45, 2.75) is 72.1 Å². The molecule has 0 spiro atoms. The number of halogens is 1. The number of nitrogens with zero attached hydrogens (tertiary/aromatic N) is 2. The van der Waals surface area contributed by atoms with Crippen molar-refractivity contribution in [1.82, 2.24) is 4.98 Å². The third-order valence-corrected chi connectivity index (χ3v) is 14.0. The molecule has 1 aromatic carbocycles. The molecule has 1 N–H and O–H groups in total. The van der Waals surface area contributed by atoms with E-state index in [0.717, 1.165) is 5.69 Å². The maximum Gasteiger partial charge on any atom is 0.425 e. The third-order valence-electron chi connectivity index (χ3n) is 4.06. The minimum Gasteiger partial charge on any atom is -0.423 e. The number of hydrogen-bond donors (Lipinski definition) is 1. The summed E-state index contributed by atoms with van der Waals surface area (Å²) in [5.41, 5.74) is 1.94. The van der Waals surface area contributed by atoms with E-state index in [9.17, 15) is 0 Å². The van der Waals surface area contributed by atoms with E-state index < -0.39 is 25.2 Å². The van der Waals surface area contributed by atoms with E-state index in [-0.39, 0.29) is 5.54 Å². The maximum atomic E-state index is 15.7. The van der Waals surface area contributed by atoms with Gasteiger partial charge in [0.2, 0.25) is 0 Å². The van der Waals surface area contributed by atoms with Gasteiger partial charge in [-0.2, -0.15) is 0 Å². The standard InChI is InChI=1S/C18H38FN3Si3/c1-18(2,3)20-25(11,19)21(4)16-14-12-13-15-17(16)22(23(5,6)7)24(8,9)10/h12-15,20H,1-11H3. The fourth-order valence-electron chi connectivity index (χ4n) is 3.66. The van der Waals surface area contributed by atoms with Crippen molar-refractivity contribution in [2.24, 2.45) is 0 Å². The fourth-order valence-corrected chi connectivity index (χ4v) is 15.7. The molecular weight excluding hydrogens is 361 g/mol. The average molecular weight is 400 g/mol. The Hall–Kier alpha value is -0.639. The van der Waals surface area contributed by atoms with E-state index in [1.807, 2.05) is 38.5 Å². The summed E-state index contributed by atoms with van der Waals surface area (Å²) in [6.07, 6.45) is 0. The molecule has 0 bridgehead atoms. The predicted molar refractivity (Wildman–Crippen MR) is 120 cm³/mol. The molecule has 0 amide bonds. The van der Waals surface area contributed by atoms with Crippen molar-refractivity contribution < 1.29 is 4.11 Å². The van der Waals surface area contributed by atoms with Crippen LogP contribution < -0.4 is 13.8 Å². The van der Waals surface area contributed by atoms with E-state index in [1.165, 1.54) is 5.69 Å². The van der Waals surface area contributed by atoms with Gasteiger partial charge in [0.05, 0.1) is 5.69 Å². The number of anilines is 2. The molecule has 144 valence electrons. The summed E-state index contributed by atoms with van der Waals surface area (Å²) in [6, 6.07) is 8.33. The monoisotopic (exact) mass is 399 g/mol. The molecular formula is C18H38FN3Si3. The van der Waals surface area contributed by atoms with E-state index in [1.54, 1.807) is 6.55 Å². The predicted octanol–water partition coefficient (Wildman–Crippen LogP) is 5.53. The Kier molecular flexibility index (Phi) is 6.43. The molecule has 7 heteroatoms. The van der Waals surface area contributed by atoms with Gasteiger partial charge < -0.3 is 8.80 Å². The first-order chi connectivity index (χ1) is 11.0. The molecule has 1 aromatic rings. The zero-order valence-electron chi connectivity index (χ0n) is 18.1. The van der Waals surface area contributed by atoms with Crippen LogP contribution in [0.4, 0.5) is 15.5 Å². The maximum absolute atomic E-state index is 15.7. The van der Waals surface area contributed by atoms with Crippen LogP contribution in [0.15, 0.2) is 24.3 Å². The van der Waals surface area contributed by atoms with Gasteiger partial charge in [0.25, 0.3) is 0 Å². The Morgan fingerprint density at radius 3 is 1.60 bits per heavy atom. The lowest BCUT2D eigenvalue weighted by atomic mass is 10.1. The Labute approximate surface area is 158 Å². The van der Waals surface area contributed by atoms with Crippen molar-refractivity contribution in [2.75, 3.05) is 15.8 Å². The zero-order chi connectivity index (χ0) is 19.8. The molecule has 1 unspecified atom stereocenters. The first-order valence-corrected chi connectivity index (χ1v) is 18.3. The van der Waals surface area contributed by atoms with Crippen molar-refractivity contribution in [3.63, 3.8) is 0 Å². The van der Waals surface area contributed by atoms with Crippen molar-refractivity contribution in [3.8, 4) is 0 Å².